The lowest BCUT2D eigenvalue weighted by Crippen LogP contribution is -2.41. The zero-order valence-corrected chi connectivity index (χ0v) is 26.2. The minimum Gasteiger partial charge on any atom is -0.399 e. The molecule has 252 valence electrons. The van der Waals surface area contributed by atoms with Gasteiger partial charge in [-0.25, -0.2) is 13.2 Å². The summed E-state index contributed by atoms with van der Waals surface area (Å²) in [6, 6.07) is 8.30. The second-order valence-electron chi connectivity index (χ2n) is 12.3. The molecule has 1 fully saturated rings. The van der Waals surface area contributed by atoms with Gasteiger partial charge in [0.2, 0.25) is 5.91 Å². The van der Waals surface area contributed by atoms with Crippen LogP contribution in [0.5, 0.6) is 0 Å². The molecule has 3 N–H and O–H groups in total. The number of nitrogens with two attached hydrogens (primary N) is 1. The first-order valence-corrected chi connectivity index (χ1v) is 14.6. The average molecular weight is 673 g/mol. The van der Waals surface area contributed by atoms with Gasteiger partial charge < -0.3 is 20.4 Å². The maximum atomic E-state index is 14.3. The third kappa shape index (κ3) is 7.23. The summed E-state index contributed by atoms with van der Waals surface area (Å²) in [5, 5.41) is 6.30. The Bertz CT molecular complexity index is 1840. The topological polar surface area (TPSA) is 121 Å². The standard InChI is InChI=1S/C32H30BF6N5O4/c1-30(2)31(3,4)48-33(47-30)23-15-44(43-28(23)32(37,38)39)16-26(45)42-25(12-17-10-19(34)14-20(35)11-17)27-21(6-5-9-41-27)18-7-8-24(36)22(13-18)29(40)46/h5-11,13-15,25H,12,16H2,1-4H3,(H2,40,46)(H,42,45). The van der Waals surface area contributed by atoms with Crippen molar-refractivity contribution in [3.8, 4) is 11.1 Å². The number of rotatable bonds is 9. The lowest BCUT2D eigenvalue weighted by Gasteiger charge is -2.32. The molecule has 2 amide bonds. The molecule has 4 aromatic rings. The van der Waals surface area contributed by atoms with E-state index >= 15 is 0 Å². The van der Waals surface area contributed by atoms with E-state index in [4.69, 9.17) is 15.0 Å². The summed E-state index contributed by atoms with van der Waals surface area (Å²) in [5.74, 6) is -4.49. The summed E-state index contributed by atoms with van der Waals surface area (Å²) in [7, 11) is -1.42. The number of nitrogens with zero attached hydrogens (tertiary/aromatic N) is 3. The number of benzene rings is 2. The van der Waals surface area contributed by atoms with Crippen molar-refractivity contribution in [1.29, 1.82) is 0 Å². The Hall–Kier alpha value is -4.70. The van der Waals surface area contributed by atoms with Crippen molar-refractivity contribution >= 4 is 24.4 Å². The lowest BCUT2D eigenvalue weighted by molar-refractivity contribution is -0.141. The molecule has 9 nitrogen and oxygen atoms in total. The third-order valence-electron chi connectivity index (χ3n) is 8.28. The molecule has 0 radical (unpaired) electrons. The molecule has 5 rings (SSSR count). The Kier molecular flexibility index (Phi) is 9.18. The minimum absolute atomic E-state index is 0.118. The molecule has 48 heavy (non-hydrogen) atoms. The average Bonchev–Trinajstić information content (AvgIpc) is 3.49. The van der Waals surface area contributed by atoms with E-state index in [0.717, 1.165) is 29.1 Å². The quantitative estimate of drug-likeness (QED) is 0.193. The van der Waals surface area contributed by atoms with Gasteiger partial charge in [-0.05, 0) is 75.6 Å². The van der Waals surface area contributed by atoms with Crippen molar-refractivity contribution in [2.24, 2.45) is 5.73 Å². The van der Waals surface area contributed by atoms with Crippen LogP contribution in [-0.2, 0) is 33.2 Å². The predicted molar refractivity (Wildman–Crippen MR) is 162 cm³/mol. The Morgan fingerprint density at radius 1 is 1.00 bits per heavy atom. The molecule has 16 heteroatoms. The fourth-order valence-corrected chi connectivity index (χ4v) is 5.27. The van der Waals surface area contributed by atoms with Gasteiger partial charge in [0.05, 0.1) is 28.5 Å². The molecule has 1 aliphatic heterocycles. The summed E-state index contributed by atoms with van der Waals surface area (Å²) in [6.07, 6.45) is -2.74. The highest BCUT2D eigenvalue weighted by molar-refractivity contribution is 6.62. The number of carbonyl (C=O) groups is 2. The summed E-state index contributed by atoms with van der Waals surface area (Å²) in [6.45, 7) is 6.00. The van der Waals surface area contributed by atoms with Crippen LogP contribution in [-0.4, -0.2) is 44.9 Å². The largest absolute Gasteiger partial charge is 0.498 e. The number of primary amides is 1. The maximum absolute atomic E-state index is 14.3. The number of halogens is 6. The molecule has 0 saturated carbocycles. The molecule has 1 unspecified atom stereocenters. The molecule has 3 heterocycles. The number of pyridine rings is 1. The van der Waals surface area contributed by atoms with Gasteiger partial charge in [0.1, 0.15) is 24.0 Å². The SMILES string of the molecule is CC1(C)OB(c2cn(CC(=O)NC(Cc3cc(F)cc(F)c3)c3ncccc3-c3ccc(F)c(C(N)=O)c3)nc2C(F)(F)F)OC1(C)C. The van der Waals surface area contributed by atoms with Gasteiger partial charge in [-0.2, -0.15) is 18.3 Å². The Morgan fingerprint density at radius 3 is 2.25 bits per heavy atom. The number of alkyl halides is 3. The number of nitrogens with one attached hydrogen (secondary N) is 1. The van der Waals surface area contributed by atoms with E-state index in [1.807, 2.05) is 0 Å². The monoisotopic (exact) mass is 673 g/mol. The van der Waals surface area contributed by atoms with E-state index in [1.165, 1.54) is 24.4 Å². The van der Waals surface area contributed by atoms with Gasteiger partial charge in [0.25, 0.3) is 5.91 Å². The van der Waals surface area contributed by atoms with Crippen molar-refractivity contribution in [1.82, 2.24) is 20.1 Å². The molecule has 1 aliphatic rings. The number of carbonyl (C=O) groups excluding carboxylic acids is 2. The van der Waals surface area contributed by atoms with Crippen LogP contribution < -0.4 is 16.5 Å². The molecule has 1 atom stereocenters. The molecule has 0 spiro atoms. The summed E-state index contributed by atoms with van der Waals surface area (Å²) in [4.78, 5) is 29.6. The number of hydrogen-bond donors (Lipinski definition) is 2. The first-order valence-electron chi connectivity index (χ1n) is 14.6. The molecule has 0 aliphatic carbocycles. The van der Waals surface area contributed by atoms with Gasteiger partial charge >= 0.3 is 13.3 Å². The van der Waals surface area contributed by atoms with Crippen LogP contribution in [0.3, 0.4) is 0 Å². The molecular weight excluding hydrogens is 643 g/mol. The molecule has 2 aromatic heterocycles. The van der Waals surface area contributed by atoms with Crippen molar-refractivity contribution in [2.45, 2.75) is 64.1 Å². The predicted octanol–water partition coefficient (Wildman–Crippen LogP) is 4.88. The number of hydrogen-bond acceptors (Lipinski definition) is 6. The van der Waals surface area contributed by atoms with Crippen molar-refractivity contribution in [3.63, 3.8) is 0 Å². The van der Waals surface area contributed by atoms with E-state index in [2.05, 4.69) is 15.4 Å². The van der Waals surface area contributed by atoms with Crippen LogP contribution in [0.15, 0.2) is 60.9 Å². The second kappa shape index (κ2) is 12.7. The highest BCUT2D eigenvalue weighted by atomic mass is 19.4. The normalized spacial score (nSPS) is 16.2. The first kappa shape index (κ1) is 34.6. The Morgan fingerprint density at radius 2 is 1.65 bits per heavy atom. The van der Waals surface area contributed by atoms with Crippen LogP contribution in [0.25, 0.3) is 11.1 Å². The van der Waals surface area contributed by atoms with Gasteiger partial charge in [-0.3, -0.25) is 19.3 Å². The Labute approximate surface area is 271 Å². The fraction of sp³-hybridized carbons (Fsp3) is 0.312. The van der Waals surface area contributed by atoms with E-state index in [1.54, 1.807) is 33.8 Å². The zero-order chi connectivity index (χ0) is 35.2. The second-order valence-corrected chi connectivity index (χ2v) is 12.3. The van der Waals surface area contributed by atoms with Crippen LogP contribution in [0.2, 0.25) is 0 Å². The van der Waals surface area contributed by atoms with Crippen molar-refractivity contribution in [3.05, 3.63) is 101 Å². The van der Waals surface area contributed by atoms with Crippen molar-refractivity contribution < 1.29 is 45.2 Å². The van der Waals surface area contributed by atoms with E-state index in [9.17, 15) is 35.9 Å². The summed E-state index contributed by atoms with van der Waals surface area (Å²) in [5.41, 5.74) is 2.14. The van der Waals surface area contributed by atoms with Gasteiger partial charge in [0, 0.05) is 29.5 Å². The molecular formula is C32H30BF6N5O4. The van der Waals surface area contributed by atoms with Gasteiger partial charge in [0.15, 0.2) is 5.69 Å². The maximum Gasteiger partial charge on any atom is 0.498 e. The van der Waals surface area contributed by atoms with E-state index < -0.39 is 83.1 Å². The Balaban J connectivity index is 1.50. The molecule has 0 bridgehead atoms. The zero-order valence-electron chi connectivity index (χ0n) is 26.2. The van der Waals surface area contributed by atoms with Crippen LogP contribution in [0.1, 0.15) is 61.0 Å². The van der Waals surface area contributed by atoms with Gasteiger partial charge in [-0.15, -0.1) is 0 Å². The van der Waals surface area contributed by atoms with E-state index in [0.29, 0.717) is 11.6 Å². The lowest BCUT2D eigenvalue weighted by atomic mass is 9.79. The first-order chi connectivity index (χ1) is 22.3. The van der Waals surface area contributed by atoms with Crippen molar-refractivity contribution in [2.75, 3.05) is 0 Å². The fourth-order valence-electron chi connectivity index (χ4n) is 5.27. The van der Waals surface area contributed by atoms with Crippen LogP contribution in [0, 0.1) is 17.5 Å². The van der Waals surface area contributed by atoms with E-state index in [-0.39, 0.29) is 23.2 Å². The summed E-state index contributed by atoms with van der Waals surface area (Å²) < 4.78 is 97.2. The number of aromatic nitrogens is 3. The summed E-state index contributed by atoms with van der Waals surface area (Å²) >= 11 is 0. The highest BCUT2D eigenvalue weighted by Crippen LogP contribution is 2.38. The minimum atomic E-state index is -4.91. The molecule has 1 saturated heterocycles. The highest BCUT2D eigenvalue weighted by Gasteiger charge is 2.54. The molecule has 2 aromatic carbocycles. The smallest absolute Gasteiger partial charge is 0.399 e. The number of amides is 2. The van der Waals surface area contributed by atoms with Crippen LogP contribution in [0.4, 0.5) is 26.3 Å². The van der Waals surface area contributed by atoms with Gasteiger partial charge in [-0.1, -0.05) is 12.1 Å². The van der Waals surface area contributed by atoms with Crippen LogP contribution >= 0.6 is 0 Å². The third-order valence-corrected chi connectivity index (χ3v) is 8.28.